The second-order valence-corrected chi connectivity index (χ2v) is 8.70. The monoisotopic (exact) mass is 404 g/mol. The SMILES string of the molecule is O=C(Nc1ccc(CCC(=O)N2CCCC2)cc1)c1ccc(C2CCCCC2)cc1. The van der Waals surface area contributed by atoms with Gasteiger partial charge in [-0.25, -0.2) is 0 Å². The molecular weight excluding hydrogens is 372 g/mol. The average Bonchev–Trinajstić information content (AvgIpc) is 3.34. The second kappa shape index (κ2) is 9.92. The van der Waals surface area contributed by atoms with Gasteiger partial charge < -0.3 is 10.2 Å². The third kappa shape index (κ3) is 5.29. The van der Waals surface area contributed by atoms with Crippen LogP contribution in [0.25, 0.3) is 0 Å². The molecule has 2 aromatic carbocycles. The summed E-state index contributed by atoms with van der Waals surface area (Å²) >= 11 is 0. The minimum atomic E-state index is -0.0813. The molecule has 0 radical (unpaired) electrons. The van der Waals surface area contributed by atoms with Crippen LogP contribution in [0.1, 0.15) is 78.8 Å². The van der Waals surface area contributed by atoms with E-state index in [0.717, 1.165) is 43.6 Å². The van der Waals surface area contributed by atoms with Crippen molar-refractivity contribution in [3.05, 3.63) is 65.2 Å². The highest BCUT2D eigenvalue weighted by Crippen LogP contribution is 2.32. The van der Waals surface area contributed by atoms with Crippen molar-refractivity contribution >= 4 is 17.5 Å². The molecule has 2 aromatic rings. The minimum Gasteiger partial charge on any atom is -0.343 e. The summed E-state index contributed by atoms with van der Waals surface area (Å²) in [5, 5.41) is 2.98. The first-order valence-electron chi connectivity index (χ1n) is 11.5. The molecule has 1 saturated carbocycles. The van der Waals surface area contributed by atoms with E-state index in [9.17, 15) is 9.59 Å². The molecule has 2 fully saturated rings. The highest BCUT2D eigenvalue weighted by atomic mass is 16.2. The molecule has 1 heterocycles. The predicted molar refractivity (Wildman–Crippen MR) is 121 cm³/mol. The van der Waals surface area contributed by atoms with E-state index >= 15 is 0 Å². The quantitative estimate of drug-likeness (QED) is 0.687. The van der Waals surface area contributed by atoms with E-state index in [1.165, 1.54) is 37.7 Å². The summed E-state index contributed by atoms with van der Waals surface area (Å²) < 4.78 is 0. The Morgan fingerprint density at radius 1 is 0.833 bits per heavy atom. The molecule has 1 N–H and O–H groups in total. The minimum absolute atomic E-state index is 0.0813. The summed E-state index contributed by atoms with van der Waals surface area (Å²) in [6.07, 6.45) is 10.1. The molecule has 4 nitrogen and oxygen atoms in total. The number of rotatable bonds is 6. The van der Waals surface area contributed by atoms with Crippen LogP contribution in [0, 0.1) is 0 Å². The lowest BCUT2D eigenvalue weighted by molar-refractivity contribution is -0.130. The number of carbonyl (C=O) groups is 2. The van der Waals surface area contributed by atoms with Crippen LogP contribution in [0.4, 0.5) is 5.69 Å². The Bertz CT molecular complexity index is 846. The van der Waals surface area contributed by atoms with E-state index in [0.29, 0.717) is 17.9 Å². The first kappa shape index (κ1) is 20.6. The molecule has 0 bridgehead atoms. The maximum Gasteiger partial charge on any atom is 0.255 e. The Kier molecular flexibility index (Phi) is 6.83. The molecule has 2 amide bonds. The molecule has 0 unspecified atom stereocenters. The van der Waals surface area contributed by atoms with E-state index in [1.54, 1.807) is 0 Å². The molecule has 4 rings (SSSR count). The van der Waals surface area contributed by atoms with E-state index < -0.39 is 0 Å². The maximum absolute atomic E-state index is 12.6. The number of nitrogens with zero attached hydrogens (tertiary/aromatic N) is 1. The molecule has 1 saturated heterocycles. The average molecular weight is 405 g/mol. The number of benzene rings is 2. The van der Waals surface area contributed by atoms with Gasteiger partial charge in [0.2, 0.25) is 5.91 Å². The van der Waals surface area contributed by atoms with Crippen molar-refractivity contribution in [2.75, 3.05) is 18.4 Å². The van der Waals surface area contributed by atoms with Gasteiger partial charge in [0.05, 0.1) is 0 Å². The molecule has 0 spiro atoms. The van der Waals surface area contributed by atoms with E-state index in [2.05, 4.69) is 17.4 Å². The Morgan fingerprint density at radius 2 is 1.50 bits per heavy atom. The number of hydrogen-bond donors (Lipinski definition) is 1. The number of amides is 2. The van der Waals surface area contributed by atoms with E-state index in [4.69, 9.17) is 0 Å². The third-order valence-electron chi connectivity index (χ3n) is 6.55. The predicted octanol–water partition coefficient (Wildman–Crippen LogP) is 5.54. The van der Waals surface area contributed by atoms with Gasteiger partial charge in [0.15, 0.2) is 0 Å². The van der Waals surface area contributed by atoms with Gasteiger partial charge in [-0.1, -0.05) is 43.5 Å². The highest BCUT2D eigenvalue weighted by molar-refractivity contribution is 6.04. The summed E-state index contributed by atoms with van der Waals surface area (Å²) in [4.78, 5) is 26.7. The zero-order valence-corrected chi connectivity index (χ0v) is 17.7. The number of likely N-dealkylation sites (tertiary alicyclic amines) is 1. The fraction of sp³-hybridized carbons (Fsp3) is 0.462. The van der Waals surface area contributed by atoms with Crippen molar-refractivity contribution in [2.45, 2.75) is 63.7 Å². The largest absolute Gasteiger partial charge is 0.343 e. The Labute approximate surface area is 179 Å². The van der Waals surface area contributed by atoms with Crippen LogP contribution in [0.15, 0.2) is 48.5 Å². The van der Waals surface area contributed by atoms with Gasteiger partial charge >= 0.3 is 0 Å². The fourth-order valence-corrected chi connectivity index (χ4v) is 4.68. The smallest absolute Gasteiger partial charge is 0.255 e. The molecular formula is C26H32N2O2. The van der Waals surface area contributed by atoms with Gasteiger partial charge in [-0.2, -0.15) is 0 Å². The van der Waals surface area contributed by atoms with Gasteiger partial charge in [-0.05, 0) is 73.4 Å². The Morgan fingerprint density at radius 3 is 2.17 bits per heavy atom. The lowest BCUT2D eigenvalue weighted by atomic mass is 9.84. The summed E-state index contributed by atoms with van der Waals surface area (Å²) in [7, 11) is 0. The van der Waals surface area contributed by atoms with Crippen LogP contribution in [0.3, 0.4) is 0 Å². The van der Waals surface area contributed by atoms with Gasteiger partial charge in [-0.3, -0.25) is 9.59 Å². The molecule has 0 atom stereocenters. The van der Waals surface area contributed by atoms with Crippen molar-refractivity contribution < 1.29 is 9.59 Å². The van der Waals surface area contributed by atoms with Gasteiger partial charge in [0.25, 0.3) is 5.91 Å². The number of anilines is 1. The number of hydrogen-bond acceptors (Lipinski definition) is 2. The van der Waals surface area contributed by atoms with Crippen molar-refractivity contribution in [3.63, 3.8) is 0 Å². The molecule has 158 valence electrons. The highest BCUT2D eigenvalue weighted by Gasteiger charge is 2.18. The van der Waals surface area contributed by atoms with Gasteiger partial charge in [-0.15, -0.1) is 0 Å². The van der Waals surface area contributed by atoms with E-state index in [-0.39, 0.29) is 11.8 Å². The lowest BCUT2D eigenvalue weighted by Crippen LogP contribution is -2.27. The second-order valence-electron chi connectivity index (χ2n) is 8.70. The molecule has 0 aromatic heterocycles. The van der Waals surface area contributed by atoms with Gasteiger partial charge in [0.1, 0.15) is 0 Å². The van der Waals surface area contributed by atoms with Crippen LogP contribution in [-0.2, 0) is 11.2 Å². The molecule has 4 heteroatoms. The van der Waals surface area contributed by atoms with Crippen LogP contribution < -0.4 is 5.32 Å². The fourth-order valence-electron chi connectivity index (χ4n) is 4.68. The zero-order valence-electron chi connectivity index (χ0n) is 17.7. The first-order chi connectivity index (χ1) is 14.7. The van der Waals surface area contributed by atoms with Crippen molar-refractivity contribution in [1.82, 2.24) is 4.90 Å². The number of aryl methyl sites for hydroxylation is 1. The Balaban J connectivity index is 1.28. The molecule has 30 heavy (non-hydrogen) atoms. The summed E-state index contributed by atoms with van der Waals surface area (Å²) in [5.74, 6) is 0.824. The third-order valence-corrected chi connectivity index (χ3v) is 6.55. The summed E-state index contributed by atoms with van der Waals surface area (Å²) in [5.41, 5.74) is 3.96. The summed E-state index contributed by atoms with van der Waals surface area (Å²) in [6, 6.07) is 16.0. The van der Waals surface area contributed by atoms with Crippen molar-refractivity contribution in [3.8, 4) is 0 Å². The van der Waals surface area contributed by atoms with Crippen LogP contribution in [0.5, 0.6) is 0 Å². The topological polar surface area (TPSA) is 49.4 Å². The van der Waals surface area contributed by atoms with Crippen LogP contribution >= 0.6 is 0 Å². The number of carbonyl (C=O) groups excluding carboxylic acids is 2. The lowest BCUT2D eigenvalue weighted by Gasteiger charge is -2.22. The van der Waals surface area contributed by atoms with Crippen LogP contribution in [0.2, 0.25) is 0 Å². The maximum atomic E-state index is 12.6. The molecule has 2 aliphatic rings. The first-order valence-corrected chi connectivity index (χ1v) is 11.5. The van der Waals surface area contributed by atoms with Crippen LogP contribution in [-0.4, -0.2) is 29.8 Å². The summed E-state index contributed by atoms with van der Waals surface area (Å²) in [6.45, 7) is 1.82. The zero-order chi connectivity index (χ0) is 20.8. The molecule has 1 aliphatic carbocycles. The van der Waals surface area contributed by atoms with Gasteiger partial charge in [0, 0.05) is 30.8 Å². The molecule has 1 aliphatic heterocycles. The Hall–Kier alpha value is -2.62. The standard InChI is InChI=1S/C26H32N2O2/c29-25(28-18-4-5-19-28)17-10-20-8-15-24(16-9-20)27-26(30)23-13-11-22(12-14-23)21-6-2-1-3-7-21/h8-9,11-16,21H,1-7,10,17-19H2,(H,27,30). The number of nitrogens with one attached hydrogen (secondary N) is 1. The van der Waals surface area contributed by atoms with E-state index in [1.807, 2.05) is 41.3 Å². The normalized spacial score (nSPS) is 17.1. The van der Waals surface area contributed by atoms with Crippen molar-refractivity contribution in [1.29, 1.82) is 0 Å². The van der Waals surface area contributed by atoms with Crippen molar-refractivity contribution in [2.24, 2.45) is 0 Å².